The summed E-state index contributed by atoms with van der Waals surface area (Å²) in [5, 5.41) is 18.3. The molecule has 0 heterocycles. The van der Waals surface area contributed by atoms with E-state index in [9.17, 15) is 23.2 Å². The van der Waals surface area contributed by atoms with E-state index in [4.69, 9.17) is 14.6 Å². The van der Waals surface area contributed by atoms with Gasteiger partial charge in [0.25, 0.3) is 15.9 Å². The van der Waals surface area contributed by atoms with Gasteiger partial charge in [-0.2, -0.15) is 0 Å². The molecule has 2 N–H and O–H groups in total. The Kier molecular flexibility index (Phi) is 6.51. The summed E-state index contributed by atoms with van der Waals surface area (Å²) in [6.45, 7) is 0.292. The Morgan fingerprint density at radius 1 is 1.17 bits per heavy atom. The maximum Gasteiger partial charge on any atom is 0.304 e. The van der Waals surface area contributed by atoms with E-state index in [2.05, 4.69) is 0 Å². The Morgan fingerprint density at radius 2 is 1.75 bits per heavy atom. The first-order valence-corrected chi connectivity index (χ1v) is 8.05. The van der Waals surface area contributed by atoms with Gasteiger partial charge in [0.05, 0.1) is 25.5 Å². The van der Waals surface area contributed by atoms with E-state index in [1.54, 1.807) is 0 Å². The summed E-state index contributed by atoms with van der Waals surface area (Å²) < 4.78 is 35.6. The van der Waals surface area contributed by atoms with Gasteiger partial charge in [0.1, 0.15) is 0 Å². The van der Waals surface area contributed by atoms with Crippen LogP contribution in [0.4, 0.5) is 0 Å². The molecule has 0 aliphatic carbocycles. The largest absolute Gasteiger partial charge is 0.493 e. The van der Waals surface area contributed by atoms with Gasteiger partial charge >= 0.3 is 5.97 Å². The van der Waals surface area contributed by atoms with E-state index in [1.165, 1.54) is 26.4 Å². The van der Waals surface area contributed by atoms with Gasteiger partial charge in [-0.1, -0.05) is 4.41 Å². The lowest BCUT2D eigenvalue weighted by Gasteiger charge is -2.27. The molecule has 24 heavy (non-hydrogen) atoms. The van der Waals surface area contributed by atoms with Crippen LogP contribution >= 0.6 is 0 Å². The highest BCUT2D eigenvalue weighted by Gasteiger charge is 2.32. The summed E-state index contributed by atoms with van der Waals surface area (Å²) in [6, 6.07) is 3.64. The lowest BCUT2D eigenvalue weighted by molar-refractivity contribution is -0.209. The van der Waals surface area contributed by atoms with Gasteiger partial charge in [0.15, 0.2) is 11.5 Å². The molecule has 10 nitrogen and oxygen atoms in total. The number of carboxylic acids is 1. The highest BCUT2D eigenvalue weighted by Crippen LogP contribution is 2.30. The third-order valence-electron chi connectivity index (χ3n) is 2.94. The number of benzene rings is 1. The fraction of sp³-hybridized carbons (Fsp3) is 0.385. The summed E-state index contributed by atoms with van der Waals surface area (Å²) >= 11 is 0. The molecule has 134 valence electrons. The van der Waals surface area contributed by atoms with Gasteiger partial charge in [-0.25, -0.2) is 8.42 Å². The smallest absolute Gasteiger partial charge is 0.304 e. The number of hydrazine groups is 1. The minimum absolute atomic E-state index is 0.115. The van der Waals surface area contributed by atoms with Crippen molar-refractivity contribution in [3.63, 3.8) is 0 Å². The first-order valence-electron chi connectivity index (χ1n) is 6.61. The lowest BCUT2D eigenvalue weighted by Crippen LogP contribution is -2.47. The van der Waals surface area contributed by atoms with Crippen LogP contribution in [0.3, 0.4) is 0 Å². The van der Waals surface area contributed by atoms with Crippen molar-refractivity contribution in [2.45, 2.75) is 18.2 Å². The summed E-state index contributed by atoms with van der Waals surface area (Å²) in [6.07, 6.45) is -0.614. The maximum atomic E-state index is 12.6. The molecule has 0 aliphatic heterocycles. The normalized spacial score (nSPS) is 11.2. The number of carboxylic acid groups (broad SMARTS) is 1. The predicted octanol–water partition coefficient (Wildman–Crippen LogP) is 0.322. The minimum Gasteiger partial charge on any atom is -0.493 e. The van der Waals surface area contributed by atoms with E-state index in [-0.39, 0.29) is 26.0 Å². The Morgan fingerprint density at radius 3 is 2.21 bits per heavy atom. The zero-order valence-electron chi connectivity index (χ0n) is 13.3. The molecule has 1 aromatic carbocycles. The average molecular weight is 362 g/mol. The number of carbonyl (C=O) groups is 2. The first kappa shape index (κ1) is 19.7. The number of sulfonamides is 1. The molecule has 0 aliphatic rings. The van der Waals surface area contributed by atoms with Crippen LogP contribution < -0.4 is 9.47 Å². The van der Waals surface area contributed by atoms with Gasteiger partial charge in [-0.3, -0.25) is 14.8 Å². The number of hydroxylamine groups is 1. The Hall–Kier alpha value is -2.37. The molecule has 0 atom stereocenters. The number of hydrogen-bond donors (Lipinski definition) is 2. The van der Waals surface area contributed by atoms with Gasteiger partial charge < -0.3 is 14.6 Å². The lowest BCUT2D eigenvalue weighted by atomic mass is 10.3. The Balaban J connectivity index is 3.33. The number of aliphatic carboxylic acids is 1. The van der Waals surface area contributed by atoms with Crippen LogP contribution in [0.1, 0.15) is 13.3 Å². The third kappa shape index (κ3) is 4.34. The highest BCUT2D eigenvalue weighted by atomic mass is 32.2. The number of hydrogen-bond acceptors (Lipinski definition) is 7. The van der Waals surface area contributed by atoms with Crippen molar-refractivity contribution >= 4 is 21.9 Å². The zero-order valence-corrected chi connectivity index (χ0v) is 14.1. The molecule has 11 heteroatoms. The van der Waals surface area contributed by atoms with Crippen molar-refractivity contribution in [1.29, 1.82) is 0 Å². The molecule has 0 unspecified atom stereocenters. The second-order valence-corrected chi connectivity index (χ2v) is 6.36. The van der Waals surface area contributed by atoms with Gasteiger partial charge in [-0.05, 0) is 12.1 Å². The van der Waals surface area contributed by atoms with Crippen LogP contribution in [0.2, 0.25) is 0 Å². The SMILES string of the molecule is COc1ccc(S(=O)(=O)N(CCC(=O)O)N(O)C(C)=O)cc1OC. The summed E-state index contributed by atoms with van der Waals surface area (Å²) in [4.78, 5) is 21.7. The van der Waals surface area contributed by atoms with E-state index >= 15 is 0 Å². The molecule has 0 saturated carbocycles. The van der Waals surface area contributed by atoms with E-state index in [0.29, 0.717) is 0 Å². The Labute approximate surface area is 138 Å². The molecular weight excluding hydrogens is 344 g/mol. The molecule has 0 radical (unpaired) electrons. The number of methoxy groups -OCH3 is 2. The molecule has 1 amide bonds. The van der Waals surface area contributed by atoms with E-state index in [1.807, 2.05) is 0 Å². The second kappa shape index (κ2) is 7.95. The molecule has 1 aromatic rings. The van der Waals surface area contributed by atoms with Crippen molar-refractivity contribution in [3.8, 4) is 11.5 Å². The number of rotatable bonds is 8. The summed E-state index contributed by atoms with van der Waals surface area (Å²) in [7, 11) is -1.73. The molecular formula is C13H18N2O8S. The van der Waals surface area contributed by atoms with Gasteiger partial charge in [0, 0.05) is 19.5 Å². The summed E-state index contributed by atoms with van der Waals surface area (Å²) in [5.41, 5.74) is 0. The van der Waals surface area contributed by atoms with Crippen LogP contribution in [0.5, 0.6) is 11.5 Å². The second-order valence-electron chi connectivity index (χ2n) is 4.52. The number of amides is 1. The van der Waals surface area contributed by atoms with E-state index in [0.717, 1.165) is 13.0 Å². The van der Waals surface area contributed by atoms with E-state index < -0.39 is 34.9 Å². The van der Waals surface area contributed by atoms with Crippen molar-refractivity contribution in [3.05, 3.63) is 18.2 Å². The monoisotopic (exact) mass is 362 g/mol. The highest BCUT2D eigenvalue weighted by molar-refractivity contribution is 7.89. The van der Waals surface area contributed by atoms with Crippen molar-refractivity contribution in [2.24, 2.45) is 0 Å². The average Bonchev–Trinajstić information content (AvgIpc) is 2.53. The fourth-order valence-corrected chi connectivity index (χ4v) is 3.15. The van der Waals surface area contributed by atoms with Crippen molar-refractivity contribution < 1.29 is 37.8 Å². The summed E-state index contributed by atoms with van der Waals surface area (Å²) in [5.74, 6) is -1.89. The van der Waals surface area contributed by atoms with Gasteiger partial charge in [-0.15, -0.1) is 5.17 Å². The predicted molar refractivity (Wildman–Crippen MR) is 80.0 cm³/mol. The van der Waals surface area contributed by atoms with Crippen LogP contribution in [0.15, 0.2) is 23.1 Å². The van der Waals surface area contributed by atoms with Crippen molar-refractivity contribution in [1.82, 2.24) is 9.59 Å². The van der Waals surface area contributed by atoms with Crippen LogP contribution in [-0.2, 0) is 19.6 Å². The molecule has 1 rings (SSSR count). The quantitative estimate of drug-likeness (QED) is 0.499. The van der Waals surface area contributed by atoms with Crippen molar-refractivity contribution in [2.75, 3.05) is 20.8 Å². The van der Waals surface area contributed by atoms with Crippen LogP contribution in [-0.4, -0.2) is 61.0 Å². The fourth-order valence-electron chi connectivity index (χ4n) is 1.76. The standard InChI is InChI=1S/C13H18N2O8S/c1-9(16)15(19)14(7-6-13(17)18)24(20,21)10-4-5-11(22-2)12(8-10)23-3/h4-5,8,19H,6-7H2,1-3H3,(H,17,18). The zero-order chi connectivity index (χ0) is 18.5. The molecule has 0 spiro atoms. The molecule has 0 bridgehead atoms. The number of ether oxygens (including phenoxy) is 2. The van der Waals surface area contributed by atoms with Gasteiger partial charge in [0.2, 0.25) is 0 Å². The topological polar surface area (TPSA) is 134 Å². The molecule has 0 saturated heterocycles. The maximum absolute atomic E-state index is 12.6. The van der Waals surface area contributed by atoms with Crippen LogP contribution in [0.25, 0.3) is 0 Å². The minimum atomic E-state index is -4.41. The third-order valence-corrected chi connectivity index (χ3v) is 4.68. The van der Waals surface area contributed by atoms with Crippen LogP contribution in [0, 0.1) is 0 Å². The molecule has 0 fully saturated rings. The first-order chi connectivity index (χ1) is 11.1. The molecule has 0 aromatic heterocycles. The number of carbonyl (C=O) groups excluding carboxylic acids is 1. The Bertz CT molecular complexity index is 719. The number of nitrogens with zero attached hydrogens (tertiary/aromatic N) is 2.